The molecule has 1 aromatic rings. The first-order valence-corrected chi connectivity index (χ1v) is 9.87. The van der Waals surface area contributed by atoms with Gasteiger partial charge in [-0.3, -0.25) is 4.79 Å². The topological polar surface area (TPSA) is 45.2 Å². The van der Waals surface area contributed by atoms with Gasteiger partial charge in [-0.25, -0.2) is 4.98 Å². The molecular weight excluding hydrogens is 334 g/mol. The second kappa shape index (κ2) is 9.36. The third kappa shape index (κ3) is 5.68. The van der Waals surface area contributed by atoms with E-state index in [2.05, 4.69) is 48.5 Å². The average molecular weight is 364 g/mol. The van der Waals surface area contributed by atoms with Gasteiger partial charge in [-0.2, -0.15) is 0 Å². The van der Waals surface area contributed by atoms with Crippen molar-refractivity contribution < 1.29 is 4.79 Å². The molecule has 0 saturated carbocycles. The van der Waals surface area contributed by atoms with Crippen molar-refractivity contribution in [1.29, 1.82) is 0 Å². The van der Waals surface area contributed by atoms with Crippen molar-refractivity contribution in [2.75, 3.05) is 18.4 Å². The molecule has 3 rings (SSSR count). The molecule has 4 nitrogen and oxygen atoms in total. The quantitative estimate of drug-likeness (QED) is 0.769. The first-order valence-electron chi connectivity index (χ1n) is 9.87. The van der Waals surface area contributed by atoms with Crippen molar-refractivity contribution in [2.24, 2.45) is 0 Å². The molecule has 1 aliphatic heterocycles. The molecule has 0 spiro atoms. The highest BCUT2D eigenvalue weighted by molar-refractivity contribution is 5.91. The number of nitrogens with one attached hydrogen (secondary N) is 1. The Kier molecular flexibility index (Phi) is 6.64. The summed E-state index contributed by atoms with van der Waals surface area (Å²) in [4.78, 5) is 18.9. The number of aromatic nitrogens is 1. The minimum absolute atomic E-state index is 0.0715. The molecule has 1 aromatic heterocycles. The summed E-state index contributed by atoms with van der Waals surface area (Å²) in [5.74, 6) is 0.924. The molecule has 1 N–H and O–H groups in total. The Morgan fingerprint density at radius 1 is 1.19 bits per heavy atom. The van der Waals surface area contributed by atoms with E-state index in [1.807, 2.05) is 23.1 Å². The Morgan fingerprint density at radius 3 is 2.78 bits per heavy atom. The van der Waals surface area contributed by atoms with Crippen LogP contribution < -0.4 is 5.32 Å². The first-order chi connectivity index (χ1) is 13.1. The SMILES string of the molecule is CC(C)Nc1ccc(/C=C/C(=O)N2CCC=C(C3=CCCC=C3)CC2)cn1. The molecule has 1 amide bonds. The fourth-order valence-electron chi connectivity index (χ4n) is 3.36. The van der Waals surface area contributed by atoms with Crippen LogP contribution in [-0.4, -0.2) is 34.9 Å². The van der Waals surface area contributed by atoms with E-state index in [0.717, 1.165) is 50.2 Å². The van der Waals surface area contributed by atoms with Crippen LogP contribution in [0.2, 0.25) is 0 Å². The van der Waals surface area contributed by atoms with Gasteiger partial charge in [0.2, 0.25) is 5.91 Å². The zero-order chi connectivity index (χ0) is 19.1. The molecule has 0 saturated heterocycles. The lowest BCUT2D eigenvalue weighted by Crippen LogP contribution is -2.30. The Morgan fingerprint density at radius 2 is 2.07 bits per heavy atom. The van der Waals surface area contributed by atoms with Crippen molar-refractivity contribution in [1.82, 2.24) is 9.88 Å². The lowest BCUT2D eigenvalue weighted by Gasteiger charge is -2.19. The summed E-state index contributed by atoms with van der Waals surface area (Å²) in [5.41, 5.74) is 3.65. The summed E-state index contributed by atoms with van der Waals surface area (Å²) in [6, 6.07) is 4.27. The van der Waals surface area contributed by atoms with Gasteiger partial charge in [0, 0.05) is 31.4 Å². The van der Waals surface area contributed by atoms with Crippen LogP contribution in [0.25, 0.3) is 6.08 Å². The maximum atomic E-state index is 12.6. The predicted octanol–water partition coefficient (Wildman–Crippen LogP) is 4.74. The van der Waals surface area contributed by atoms with Gasteiger partial charge >= 0.3 is 0 Å². The molecule has 0 fully saturated rings. The fourth-order valence-corrected chi connectivity index (χ4v) is 3.36. The number of hydrogen-bond donors (Lipinski definition) is 1. The molecular formula is C23H29N3O. The van der Waals surface area contributed by atoms with Gasteiger partial charge in [-0.1, -0.05) is 24.3 Å². The fraction of sp³-hybridized carbons (Fsp3) is 0.391. The third-order valence-corrected chi connectivity index (χ3v) is 4.76. The van der Waals surface area contributed by atoms with Crippen molar-refractivity contribution in [2.45, 2.75) is 45.6 Å². The molecule has 0 atom stereocenters. The van der Waals surface area contributed by atoms with E-state index in [0.29, 0.717) is 6.04 Å². The number of nitrogens with zero attached hydrogens (tertiary/aromatic N) is 2. The second-order valence-corrected chi connectivity index (χ2v) is 7.34. The van der Waals surface area contributed by atoms with E-state index in [4.69, 9.17) is 0 Å². The molecule has 2 aliphatic rings. The molecule has 1 aliphatic carbocycles. The third-order valence-electron chi connectivity index (χ3n) is 4.76. The summed E-state index contributed by atoms with van der Waals surface area (Å²) in [6.45, 7) is 5.71. The zero-order valence-corrected chi connectivity index (χ0v) is 16.3. The van der Waals surface area contributed by atoms with E-state index in [-0.39, 0.29) is 5.91 Å². The zero-order valence-electron chi connectivity index (χ0n) is 16.3. The lowest BCUT2D eigenvalue weighted by molar-refractivity contribution is -0.125. The van der Waals surface area contributed by atoms with Gasteiger partial charge in [0.25, 0.3) is 0 Å². The van der Waals surface area contributed by atoms with E-state index in [1.54, 1.807) is 12.3 Å². The Balaban J connectivity index is 1.54. The van der Waals surface area contributed by atoms with Crippen LogP contribution in [-0.2, 0) is 4.79 Å². The lowest BCUT2D eigenvalue weighted by atomic mass is 9.97. The summed E-state index contributed by atoms with van der Waals surface area (Å²) in [6.07, 6.45) is 18.5. The molecule has 27 heavy (non-hydrogen) atoms. The molecule has 142 valence electrons. The largest absolute Gasteiger partial charge is 0.368 e. The maximum absolute atomic E-state index is 12.6. The molecule has 0 unspecified atom stereocenters. The minimum atomic E-state index is 0.0715. The highest BCUT2D eigenvalue weighted by Crippen LogP contribution is 2.23. The van der Waals surface area contributed by atoms with Crippen LogP contribution in [0.15, 0.2) is 59.9 Å². The van der Waals surface area contributed by atoms with Gasteiger partial charge in [0.1, 0.15) is 5.82 Å². The maximum Gasteiger partial charge on any atom is 0.246 e. The highest BCUT2D eigenvalue weighted by Gasteiger charge is 2.15. The number of amides is 1. The summed E-state index contributed by atoms with van der Waals surface area (Å²) < 4.78 is 0. The number of carbonyl (C=O) groups excluding carboxylic acids is 1. The molecule has 0 radical (unpaired) electrons. The van der Waals surface area contributed by atoms with E-state index in [1.165, 1.54) is 11.1 Å². The Hall–Kier alpha value is -2.62. The van der Waals surface area contributed by atoms with Crippen molar-refractivity contribution >= 4 is 17.8 Å². The van der Waals surface area contributed by atoms with E-state index >= 15 is 0 Å². The smallest absolute Gasteiger partial charge is 0.246 e. The van der Waals surface area contributed by atoms with Gasteiger partial charge < -0.3 is 10.2 Å². The van der Waals surface area contributed by atoms with Crippen molar-refractivity contribution in [3.05, 3.63) is 65.4 Å². The average Bonchev–Trinajstić information content (AvgIpc) is 2.94. The van der Waals surface area contributed by atoms with Crippen LogP contribution in [0.3, 0.4) is 0 Å². The number of carbonyl (C=O) groups is 1. The van der Waals surface area contributed by atoms with Gasteiger partial charge in [-0.05, 0) is 74.4 Å². The van der Waals surface area contributed by atoms with Crippen molar-refractivity contribution in [3.63, 3.8) is 0 Å². The van der Waals surface area contributed by atoms with Crippen LogP contribution in [0.1, 0.15) is 45.1 Å². The Labute approximate surface area is 162 Å². The molecule has 0 bridgehead atoms. The van der Waals surface area contributed by atoms with Crippen LogP contribution in [0, 0.1) is 0 Å². The van der Waals surface area contributed by atoms with Gasteiger partial charge in [0.05, 0.1) is 0 Å². The number of hydrogen-bond acceptors (Lipinski definition) is 3. The molecule has 0 aromatic carbocycles. The van der Waals surface area contributed by atoms with Crippen LogP contribution in [0.5, 0.6) is 0 Å². The summed E-state index contributed by atoms with van der Waals surface area (Å²) in [7, 11) is 0. The standard InChI is InChI=1S/C23H29N3O/c1-18(2)25-22-12-10-19(17-24-22)11-13-23(27)26-15-6-9-21(14-16-26)20-7-4-3-5-8-20/h4,7-13,17-18H,3,5-6,14-16H2,1-2H3,(H,24,25)/b13-11+. The summed E-state index contributed by atoms with van der Waals surface area (Å²) in [5, 5.41) is 3.26. The normalized spacial score (nSPS) is 17.7. The van der Waals surface area contributed by atoms with E-state index in [9.17, 15) is 4.79 Å². The van der Waals surface area contributed by atoms with Gasteiger partial charge in [0.15, 0.2) is 0 Å². The molecule has 2 heterocycles. The van der Waals surface area contributed by atoms with Crippen molar-refractivity contribution in [3.8, 4) is 0 Å². The summed E-state index contributed by atoms with van der Waals surface area (Å²) >= 11 is 0. The number of allylic oxidation sites excluding steroid dienone is 4. The van der Waals surface area contributed by atoms with Crippen LogP contribution >= 0.6 is 0 Å². The Bertz CT molecular complexity index is 769. The number of pyridine rings is 1. The number of rotatable bonds is 5. The number of anilines is 1. The highest BCUT2D eigenvalue weighted by atomic mass is 16.2. The molecule has 4 heteroatoms. The first kappa shape index (κ1) is 19.2. The van der Waals surface area contributed by atoms with Gasteiger partial charge in [-0.15, -0.1) is 0 Å². The minimum Gasteiger partial charge on any atom is -0.368 e. The second-order valence-electron chi connectivity index (χ2n) is 7.34. The van der Waals surface area contributed by atoms with Crippen LogP contribution in [0.4, 0.5) is 5.82 Å². The monoisotopic (exact) mass is 363 g/mol. The van der Waals surface area contributed by atoms with E-state index < -0.39 is 0 Å². The predicted molar refractivity (Wildman–Crippen MR) is 112 cm³/mol.